The van der Waals surface area contributed by atoms with Crippen molar-refractivity contribution in [2.45, 2.75) is 245 Å². The minimum atomic E-state index is -4.43. The Kier molecular flexibility index (Phi) is 41.9. The second-order valence-corrected chi connectivity index (χ2v) is 20.1. The number of ether oxygens (including phenoxy) is 1. The van der Waals surface area contributed by atoms with Crippen LogP contribution in [0.15, 0.2) is 36.5 Å². The highest BCUT2D eigenvalue weighted by Gasteiger charge is 2.30. The topological polar surface area (TPSA) is 111 Å². The summed E-state index contributed by atoms with van der Waals surface area (Å²) in [6.45, 7) is 6.88. The number of carbonyl (C=O) groups excluding carboxylic acids is 2. The molecule has 0 aliphatic carbocycles. The maximum absolute atomic E-state index is 13.4. The molecular weight excluding hydrogens is 796 g/mol. The number of quaternary nitrogens is 1. The van der Waals surface area contributed by atoms with Gasteiger partial charge in [-0.25, -0.2) is 4.57 Å². The SMILES string of the molecule is CC/C=C/C/C=C/CCCCCCCCCC(=O)NC(COP(=O)(O)OCC[N+](C)(C)C)C(/C=C/CCCCCCCCCCC)OC(=O)CCCCCCCCCCCCC. The second-order valence-electron chi connectivity index (χ2n) is 18.7. The summed E-state index contributed by atoms with van der Waals surface area (Å²) < 4.78 is 30.5. The quantitative estimate of drug-likeness (QED) is 0.0206. The summed E-state index contributed by atoms with van der Waals surface area (Å²) >= 11 is 0. The summed E-state index contributed by atoms with van der Waals surface area (Å²) in [7, 11) is 1.49. The number of likely N-dealkylation sites (N-methyl/N-ethyl adjacent to an activating group) is 1. The van der Waals surface area contributed by atoms with E-state index in [9.17, 15) is 19.0 Å². The van der Waals surface area contributed by atoms with Gasteiger partial charge < -0.3 is 19.4 Å². The molecule has 0 heterocycles. The van der Waals surface area contributed by atoms with Gasteiger partial charge in [0.1, 0.15) is 19.3 Å². The summed E-state index contributed by atoms with van der Waals surface area (Å²) in [5.74, 6) is -0.513. The normalized spacial score (nSPS) is 14.2. The third-order valence-corrected chi connectivity index (χ3v) is 12.3. The predicted octanol–water partition coefficient (Wildman–Crippen LogP) is 14.8. The van der Waals surface area contributed by atoms with Gasteiger partial charge >= 0.3 is 13.8 Å². The molecule has 0 radical (unpaired) electrons. The fourth-order valence-corrected chi connectivity index (χ4v) is 8.07. The molecule has 0 aromatic carbocycles. The lowest BCUT2D eigenvalue weighted by atomic mass is 10.0. The molecule has 364 valence electrons. The van der Waals surface area contributed by atoms with E-state index in [2.05, 4.69) is 50.4 Å². The lowest BCUT2D eigenvalue weighted by molar-refractivity contribution is -0.870. The summed E-state index contributed by atoms with van der Waals surface area (Å²) in [5, 5.41) is 3.03. The monoisotopic (exact) mass is 896 g/mol. The van der Waals surface area contributed by atoms with Crippen LogP contribution in [0.25, 0.3) is 0 Å². The summed E-state index contributed by atoms with van der Waals surface area (Å²) in [6.07, 6.45) is 48.5. The van der Waals surface area contributed by atoms with Crippen molar-refractivity contribution in [2.24, 2.45) is 0 Å². The maximum Gasteiger partial charge on any atom is 0.472 e. The molecule has 0 rings (SSSR count). The van der Waals surface area contributed by atoms with Crippen molar-refractivity contribution in [3.05, 3.63) is 36.5 Å². The average molecular weight is 896 g/mol. The zero-order valence-electron chi connectivity index (χ0n) is 41.4. The van der Waals surface area contributed by atoms with E-state index in [0.717, 1.165) is 83.5 Å². The zero-order chi connectivity index (χ0) is 45.8. The molecule has 3 unspecified atom stereocenters. The first-order valence-electron chi connectivity index (χ1n) is 25.8. The van der Waals surface area contributed by atoms with E-state index in [1.54, 1.807) is 0 Å². The van der Waals surface area contributed by atoms with Gasteiger partial charge in [0.15, 0.2) is 0 Å². The number of amides is 1. The third kappa shape index (κ3) is 43.5. The lowest BCUT2D eigenvalue weighted by Crippen LogP contribution is -2.47. The van der Waals surface area contributed by atoms with E-state index in [0.29, 0.717) is 23.9 Å². The van der Waals surface area contributed by atoms with Crippen LogP contribution in [0.3, 0.4) is 0 Å². The highest BCUT2D eigenvalue weighted by Crippen LogP contribution is 2.43. The van der Waals surface area contributed by atoms with E-state index >= 15 is 0 Å². The lowest BCUT2D eigenvalue weighted by Gasteiger charge is -2.27. The molecule has 0 spiro atoms. The van der Waals surface area contributed by atoms with Crippen molar-refractivity contribution < 1.29 is 37.3 Å². The molecule has 10 heteroatoms. The molecule has 0 aliphatic rings. The Bertz CT molecular complexity index is 1170. The number of phosphoric ester groups is 1. The first-order chi connectivity index (χ1) is 29.9. The van der Waals surface area contributed by atoms with E-state index in [1.165, 1.54) is 116 Å². The van der Waals surface area contributed by atoms with E-state index in [4.69, 9.17) is 13.8 Å². The molecule has 0 aliphatic heterocycles. The van der Waals surface area contributed by atoms with Crippen molar-refractivity contribution in [3.63, 3.8) is 0 Å². The minimum absolute atomic E-state index is 0.0400. The van der Waals surface area contributed by atoms with Crippen LogP contribution in [-0.4, -0.2) is 74.3 Å². The van der Waals surface area contributed by atoms with Gasteiger partial charge in [-0.2, -0.15) is 0 Å². The number of hydrogen-bond acceptors (Lipinski definition) is 6. The number of allylic oxidation sites excluding steroid dienone is 5. The van der Waals surface area contributed by atoms with Gasteiger partial charge in [0.05, 0.1) is 33.8 Å². The Morgan fingerprint density at radius 3 is 1.53 bits per heavy atom. The number of phosphoric acid groups is 1. The van der Waals surface area contributed by atoms with Crippen molar-refractivity contribution in [3.8, 4) is 0 Å². The van der Waals surface area contributed by atoms with Crippen LogP contribution in [0.4, 0.5) is 0 Å². The number of carbonyl (C=O) groups is 2. The highest BCUT2D eigenvalue weighted by molar-refractivity contribution is 7.47. The Morgan fingerprint density at radius 1 is 0.581 bits per heavy atom. The highest BCUT2D eigenvalue weighted by atomic mass is 31.2. The van der Waals surface area contributed by atoms with E-state index in [1.807, 2.05) is 33.3 Å². The van der Waals surface area contributed by atoms with Gasteiger partial charge in [0, 0.05) is 12.8 Å². The molecule has 9 nitrogen and oxygen atoms in total. The largest absolute Gasteiger partial charge is 0.472 e. The van der Waals surface area contributed by atoms with E-state index in [-0.39, 0.29) is 25.1 Å². The van der Waals surface area contributed by atoms with Gasteiger partial charge in [-0.15, -0.1) is 0 Å². The molecule has 0 aromatic rings. The predicted molar refractivity (Wildman–Crippen MR) is 263 cm³/mol. The number of nitrogens with one attached hydrogen (secondary N) is 1. The van der Waals surface area contributed by atoms with Crippen LogP contribution >= 0.6 is 7.82 Å². The summed E-state index contributed by atoms with van der Waals surface area (Å²) in [6, 6.07) is -0.845. The van der Waals surface area contributed by atoms with Crippen LogP contribution < -0.4 is 5.32 Å². The second kappa shape index (κ2) is 43.1. The average Bonchev–Trinajstić information content (AvgIpc) is 3.22. The van der Waals surface area contributed by atoms with Gasteiger partial charge in [-0.05, 0) is 57.4 Å². The Hall–Kier alpha value is -1.77. The van der Waals surface area contributed by atoms with Gasteiger partial charge in [-0.3, -0.25) is 18.6 Å². The first-order valence-corrected chi connectivity index (χ1v) is 27.3. The first kappa shape index (κ1) is 60.2. The van der Waals surface area contributed by atoms with Crippen molar-refractivity contribution in [2.75, 3.05) is 40.9 Å². The molecule has 62 heavy (non-hydrogen) atoms. The Balaban J connectivity index is 5.41. The van der Waals surface area contributed by atoms with Crippen molar-refractivity contribution >= 4 is 19.7 Å². The van der Waals surface area contributed by atoms with Crippen LogP contribution in [0, 0.1) is 0 Å². The molecular formula is C52H100N2O7P+. The van der Waals surface area contributed by atoms with Crippen LogP contribution in [0.1, 0.15) is 233 Å². The van der Waals surface area contributed by atoms with E-state index < -0.39 is 20.0 Å². The summed E-state index contributed by atoms with van der Waals surface area (Å²) in [5.41, 5.74) is 0. The number of esters is 1. The molecule has 3 atom stereocenters. The van der Waals surface area contributed by atoms with Gasteiger partial charge in [0.2, 0.25) is 5.91 Å². The summed E-state index contributed by atoms with van der Waals surface area (Å²) in [4.78, 5) is 37.3. The van der Waals surface area contributed by atoms with Crippen LogP contribution in [0.5, 0.6) is 0 Å². The number of nitrogens with zero attached hydrogens (tertiary/aromatic N) is 1. The molecule has 2 N–H and O–H groups in total. The molecule has 1 amide bonds. The van der Waals surface area contributed by atoms with Crippen LogP contribution in [0.2, 0.25) is 0 Å². The fraction of sp³-hybridized carbons (Fsp3) is 0.846. The Morgan fingerprint density at radius 2 is 1.03 bits per heavy atom. The molecule has 0 bridgehead atoms. The smallest absolute Gasteiger partial charge is 0.456 e. The maximum atomic E-state index is 13.4. The van der Waals surface area contributed by atoms with Crippen LogP contribution in [-0.2, 0) is 27.9 Å². The van der Waals surface area contributed by atoms with Gasteiger partial charge in [0.25, 0.3) is 0 Å². The Labute approximate surface area is 383 Å². The molecule has 0 saturated heterocycles. The standard InChI is InChI=1S/C52H99N2O7P/c1-7-10-13-16-19-22-25-26-27-30-32-35-38-41-44-51(55)53-49(48-60-62(57,58)59-47-46-54(4,5)6)50(43-40-37-34-31-28-23-20-17-14-11-8-2)61-52(56)45-42-39-36-33-29-24-21-18-15-12-9-3/h10,13,19,22,40,43,49-50H,7-9,11-12,14-18,20-21,23-39,41-42,44-48H2,1-6H3,(H-,53,55,57,58)/p+1/b13-10+,22-19+,43-40+. The minimum Gasteiger partial charge on any atom is -0.456 e. The number of hydrogen-bond donors (Lipinski definition) is 2. The van der Waals surface area contributed by atoms with Crippen molar-refractivity contribution in [1.29, 1.82) is 0 Å². The number of rotatable bonds is 46. The fourth-order valence-electron chi connectivity index (χ4n) is 7.33. The zero-order valence-corrected chi connectivity index (χ0v) is 42.3. The number of unbranched alkanes of at least 4 members (excludes halogenated alkanes) is 26. The van der Waals surface area contributed by atoms with Gasteiger partial charge in [-0.1, -0.05) is 199 Å². The third-order valence-electron chi connectivity index (χ3n) is 11.3. The molecule has 0 aromatic heterocycles. The molecule has 0 saturated carbocycles. The van der Waals surface area contributed by atoms with Crippen molar-refractivity contribution in [1.82, 2.24) is 5.32 Å². The molecule has 0 fully saturated rings.